The highest BCUT2D eigenvalue weighted by atomic mass is 35.5. The van der Waals surface area contributed by atoms with Crippen molar-refractivity contribution in [2.24, 2.45) is 5.92 Å². The average molecular weight is 414 g/mol. The topological polar surface area (TPSA) is 87.3 Å². The average Bonchev–Trinajstić information content (AvgIpc) is 3.50. The van der Waals surface area contributed by atoms with E-state index in [0.717, 1.165) is 12.8 Å². The van der Waals surface area contributed by atoms with Gasteiger partial charge in [0.15, 0.2) is 0 Å². The molecule has 1 atom stereocenters. The van der Waals surface area contributed by atoms with E-state index in [9.17, 15) is 14.4 Å². The summed E-state index contributed by atoms with van der Waals surface area (Å²) in [6.45, 7) is 3.69. The summed E-state index contributed by atoms with van der Waals surface area (Å²) in [6.07, 6.45) is 2.01. The van der Waals surface area contributed by atoms with Gasteiger partial charge in [0.05, 0.1) is 10.6 Å². The largest absolute Gasteiger partial charge is 0.349 e. The highest BCUT2D eigenvalue weighted by Crippen LogP contribution is 2.20. The van der Waals surface area contributed by atoms with Crippen LogP contribution in [0.3, 0.4) is 0 Å². The van der Waals surface area contributed by atoms with E-state index in [1.165, 1.54) is 0 Å². The second-order valence-electron chi connectivity index (χ2n) is 7.49. The fourth-order valence-corrected chi connectivity index (χ4v) is 3.08. The Balaban J connectivity index is 1.69. The van der Waals surface area contributed by atoms with E-state index in [-0.39, 0.29) is 23.8 Å². The number of anilines is 1. The van der Waals surface area contributed by atoms with Gasteiger partial charge in [-0.2, -0.15) is 0 Å². The van der Waals surface area contributed by atoms with Gasteiger partial charge in [0, 0.05) is 17.3 Å². The molecule has 152 valence electrons. The zero-order chi connectivity index (χ0) is 21.0. The van der Waals surface area contributed by atoms with Gasteiger partial charge in [-0.1, -0.05) is 43.6 Å². The van der Waals surface area contributed by atoms with Crippen LogP contribution >= 0.6 is 11.6 Å². The van der Waals surface area contributed by atoms with Crippen LogP contribution in [0.1, 0.15) is 47.4 Å². The minimum atomic E-state index is -0.761. The normalized spacial score (nSPS) is 14.2. The Morgan fingerprint density at radius 3 is 2.38 bits per heavy atom. The van der Waals surface area contributed by atoms with Gasteiger partial charge in [-0.15, -0.1) is 0 Å². The molecule has 7 heteroatoms. The molecule has 0 radical (unpaired) electrons. The van der Waals surface area contributed by atoms with Crippen LogP contribution in [-0.4, -0.2) is 29.8 Å². The second kappa shape index (κ2) is 9.09. The fraction of sp³-hybridized carbons (Fsp3) is 0.318. The van der Waals surface area contributed by atoms with Crippen LogP contribution in [-0.2, 0) is 4.79 Å². The molecule has 6 nitrogen and oxygen atoms in total. The van der Waals surface area contributed by atoms with Crippen molar-refractivity contribution < 1.29 is 14.4 Å². The Bertz CT molecular complexity index is 925. The van der Waals surface area contributed by atoms with Crippen molar-refractivity contribution in [3.05, 3.63) is 64.7 Å². The quantitative estimate of drug-likeness (QED) is 0.647. The zero-order valence-corrected chi connectivity index (χ0v) is 17.1. The van der Waals surface area contributed by atoms with Crippen molar-refractivity contribution in [3.8, 4) is 0 Å². The Kier molecular flexibility index (Phi) is 6.54. The van der Waals surface area contributed by atoms with Crippen LogP contribution in [0.25, 0.3) is 0 Å². The molecule has 2 aromatic rings. The Morgan fingerprint density at radius 1 is 1.00 bits per heavy atom. The second-order valence-corrected chi connectivity index (χ2v) is 7.90. The predicted octanol–water partition coefficient (Wildman–Crippen LogP) is 3.63. The Morgan fingerprint density at radius 2 is 1.72 bits per heavy atom. The lowest BCUT2D eigenvalue weighted by Gasteiger charge is -2.22. The molecule has 1 aliphatic carbocycles. The first kappa shape index (κ1) is 20.9. The van der Waals surface area contributed by atoms with Crippen molar-refractivity contribution in [3.63, 3.8) is 0 Å². The van der Waals surface area contributed by atoms with Crippen molar-refractivity contribution in [2.45, 2.75) is 38.8 Å². The van der Waals surface area contributed by atoms with Crippen LogP contribution in [0.5, 0.6) is 0 Å². The van der Waals surface area contributed by atoms with Gasteiger partial charge in [0.2, 0.25) is 5.91 Å². The van der Waals surface area contributed by atoms with E-state index < -0.39 is 11.9 Å². The number of benzene rings is 2. The lowest BCUT2D eigenvalue weighted by atomic mass is 10.0. The minimum absolute atomic E-state index is 0.150. The molecule has 0 heterocycles. The zero-order valence-electron chi connectivity index (χ0n) is 16.4. The van der Waals surface area contributed by atoms with E-state index in [1.54, 1.807) is 48.5 Å². The number of halogens is 1. The summed E-state index contributed by atoms with van der Waals surface area (Å²) < 4.78 is 0. The molecule has 1 aliphatic rings. The molecular weight excluding hydrogens is 390 g/mol. The number of hydrogen-bond acceptors (Lipinski definition) is 3. The Hall–Kier alpha value is -2.86. The summed E-state index contributed by atoms with van der Waals surface area (Å²) in [5, 5.41) is 8.78. The van der Waals surface area contributed by atoms with Crippen LogP contribution in [0.2, 0.25) is 5.02 Å². The molecule has 0 saturated heterocycles. The van der Waals surface area contributed by atoms with Crippen molar-refractivity contribution in [2.75, 3.05) is 5.32 Å². The van der Waals surface area contributed by atoms with Gasteiger partial charge in [0.25, 0.3) is 11.8 Å². The summed E-state index contributed by atoms with van der Waals surface area (Å²) in [6, 6.07) is 12.9. The lowest BCUT2D eigenvalue weighted by molar-refractivity contribution is -0.118. The van der Waals surface area contributed by atoms with Gasteiger partial charge in [0.1, 0.15) is 6.04 Å². The molecule has 2 aromatic carbocycles. The molecule has 0 spiro atoms. The predicted molar refractivity (Wildman–Crippen MR) is 113 cm³/mol. The van der Waals surface area contributed by atoms with Crippen LogP contribution < -0.4 is 16.0 Å². The number of hydrogen-bond donors (Lipinski definition) is 3. The Labute approximate surface area is 175 Å². The molecule has 0 bridgehead atoms. The molecule has 0 unspecified atom stereocenters. The van der Waals surface area contributed by atoms with Crippen LogP contribution in [0.15, 0.2) is 48.5 Å². The number of nitrogens with one attached hydrogen (secondary N) is 3. The molecule has 3 rings (SSSR count). The maximum Gasteiger partial charge on any atom is 0.253 e. The molecule has 0 aliphatic heterocycles. The number of carbonyl (C=O) groups excluding carboxylic acids is 3. The van der Waals surface area contributed by atoms with E-state index >= 15 is 0 Å². The van der Waals surface area contributed by atoms with Crippen LogP contribution in [0, 0.1) is 5.92 Å². The highest BCUT2D eigenvalue weighted by Gasteiger charge is 2.26. The molecule has 3 N–H and O–H groups in total. The summed E-state index contributed by atoms with van der Waals surface area (Å²) in [5.41, 5.74) is 1.29. The van der Waals surface area contributed by atoms with E-state index in [1.807, 2.05) is 13.8 Å². The van der Waals surface area contributed by atoms with Gasteiger partial charge < -0.3 is 16.0 Å². The van der Waals surface area contributed by atoms with Gasteiger partial charge in [-0.3, -0.25) is 14.4 Å². The first-order valence-electron chi connectivity index (χ1n) is 9.62. The maximum atomic E-state index is 12.8. The maximum absolute atomic E-state index is 12.8. The SMILES string of the molecule is CC(C)[C@H](NC(=O)c1ccccc1Cl)C(=O)Nc1cccc(C(=O)NC2CC2)c1. The fourth-order valence-electron chi connectivity index (χ4n) is 2.85. The van der Waals surface area contributed by atoms with Crippen molar-refractivity contribution in [1.82, 2.24) is 10.6 Å². The summed E-state index contributed by atoms with van der Waals surface area (Å²) in [5.74, 6) is -1.08. The van der Waals surface area contributed by atoms with Gasteiger partial charge >= 0.3 is 0 Å². The lowest BCUT2D eigenvalue weighted by Crippen LogP contribution is -2.47. The molecule has 3 amide bonds. The van der Waals surface area contributed by atoms with E-state index in [0.29, 0.717) is 21.8 Å². The number of rotatable bonds is 7. The third-order valence-electron chi connectivity index (χ3n) is 4.66. The van der Waals surface area contributed by atoms with Gasteiger partial charge in [-0.05, 0) is 49.1 Å². The monoisotopic (exact) mass is 413 g/mol. The summed E-state index contributed by atoms with van der Waals surface area (Å²) >= 11 is 6.08. The molecule has 1 saturated carbocycles. The first-order chi connectivity index (χ1) is 13.8. The summed E-state index contributed by atoms with van der Waals surface area (Å²) in [4.78, 5) is 37.6. The van der Waals surface area contributed by atoms with Crippen molar-refractivity contribution >= 4 is 35.0 Å². The van der Waals surface area contributed by atoms with E-state index in [2.05, 4.69) is 16.0 Å². The smallest absolute Gasteiger partial charge is 0.253 e. The van der Waals surface area contributed by atoms with E-state index in [4.69, 9.17) is 11.6 Å². The number of carbonyl (C=O) groups is 3. The van der Waals surface area contributed by atoms with Crippen molar-refractivity contribution in [1.29, 1.82) is 0 Å². The van der Waals surface area contributed by atoms with Gasteiger partial charge in [-0.25, -0.2) is 0 Å². The third-order valence-corrected chi connectivity index (χ3v) is 4.99. The molecule has 1 fully saturated rings. The van der Waals surface area contributed by atoms with Crippen LogP contribution in [0.4, 0.5) is 5.69 Å². The number of amides is 3. The molecule has 29 heavy (non-hydrogen) atoms. The molecule has 0 aromatic heterocycles. The first-order valence-corrected chi connectivity index (χ1v) is 10.00. The highest BCUT2D eigenvalue weighted by molar-refractivity contribution is 6.33. The molecular formula is C22H24ClN3O3. The third kappa shape index (κ3) is 5.57. The summed E-state index contributed by atoms with van der Waals surface area (Å²) in [7, 11) is 0. The standard InChI is InChI=1S/C22H24ClN3O3/c1-13(2)19(26-21(28)17-8-3-4-9-18(17)23)22(29)25-16-7-5-6-14(12-16)20(27)24-15-10-11-15/h3-9,12-13,15,19H,10-11H2,1-2H3,(H,24,27)(H,25,29)(H,26,28)/t19-/m0/s1. The minimum Gasteiger partial charge on any atom is -0.349 e.